The lowest BCUT2D eigenvalue weighted by Gasteiger charge is -2.24. The molecule has 2 nitrogen and oxygen atoms in total. The van der Waals surface area contributed by atoms with Crippen molar-refractivity contribution < 1.29 is 9.84 Å². The second kappa shape index (κ2) is 6.24. The van der Waals surface area contributed by atoms with Gasteiger partial charge in [-0.3, -0.25) is 0 Å². The first-order valence-electron chi connectivity index (χ1n) is 6.73. The Hall–Kier alpha value is -1.02. The van der Waals surface area contributed by atoms with Gasteiger partial charge in [0.15, 0.2) is 0 Å². The number of benzene rings is 1. The number of ether oxygens (including phenoxy) is 1. The van der Waals surface area contributed by atoms with E-state index in [1.165, 1.54) is 11.1 Å². The molecule has 102 valence electrons. The first kappa shape index (κ1) is 15.0. The van der Waals surface area contributed by atoms with Gasteiger partial charge in [0.05, 0.1) is 7.11 Å². The van der Waals surface area contributed by atoms with Crippen LogP contribution in [0.3, 0.4) is 0 Å². The molecule has 0 radical (unpaired) electrons. The van der Waals surface area contributed by atoms with Crippen molar-refractivity contribution in [3.8, 4) is 5.75 Å². The van der Waals surface area contributed by atoms with E-state index >= 15 is 0 Å². The van der Waals surface area contributed by atoms with E-state index in [2.05, 4.69) is 39.8 Å². The third-order valence-corrected chi connectivity index (χ3v) is 3.36. The van der Waals surface area contributed by atoms with Crippen molar-refractivity contribution >= 4 is 0 Å². The van der Waals surface area contributed by atoms with Gasteiger partial charge in [-0.1, -0.05) is 46.2 Å². The lowest BCUT2D eigenvalue weighted by atomic mass is 9.83. The third kappa shape index (κ3) is 3.49. The molecule has 0 aliphatic carbocycles. The van der Waals surface area contributed by atoms with Crippen LogP contribution in [0.1, 0.15) is 57.6 Å². The molecule has 1 aromatic carbocycles. The molecule has 1 aromatic rings. The molecule has 0 aliphatic heterocycles. The first-order chi connectivity index (χ1) is 8.43. The largest absolute Gasteiger partial charge is 0.496 e. The van der Waals surface area contributed by atoms with E-state index in [0.717, 1.165) is 18.6 Å². The molecule has 0 aromatic heterocycles. The minimum Gasteiger partial charge on any atom is -0.496 e. The highest BCUT2D eigenvalue weighted by molar-refractivity contribution is 5.42. The summed E-state index contributed by atoms with van der Waals surface area (Å²) >= 11 is 0. The Morgan fingerprint density at radius 1 is 1.28 bits per heavy atom. The van der Waals surface area contributed by atoms with Gasteiger partial charge in [-0.15, -0.1) is 0 Å². The van der Waals surface area contributed by atoms with Crippen molar-refractivity contribution in [2.24, 2.45) is 0 Å². The fourth-order valence-electron chi connectivity index (χ4n) is 2.28. The van der Waals surface area contributed by atoms with Crippen molar-refractivity contribution in [3.63, 3.8) is 0 Å². The molecule has 0 saturated carbocycles. The maximum Gasteiger partial charge on any atom is 0.122 e. The van der Waals surface area contributed by atoms with E-state index in [1.54, 1.807) is 7.11 Å². The number of hydrogen-bond donors (Lipinski definition) is 1. The Balaban J connectivity index is 3.17. The molecular weight excluding hydrogens is 224 g/mol. The van der Waals surface area contributed by atoms with Gasteiger partial charge < -0.3 is 9.84 Å². The minimum absolute atomic E-state index is 0.0492. The minimum atomic E-state index is 0.0492. The van der Waals surface area contributed by atoms with Crippen LogP contribution in [0.5, 0.6) is 5.75 Å². The number of aliphatic hydroxyl groups excluding tert-OH is 1. The van der Waals surface area contributed by atoms with Gasteiger partial charge in [0.1, 0.15) is 5.75 Å². The number of rotatable bonds is 5. The second-order valence-corrected chi connectivity index (χ2v) is 5.88. The molecule has 0 aliphatic rings. The summed E-state index contributed by atoms with van der Waals surface area (Å²) < 4.78 is 5.44. The molecule has 0 amide bonds. The highest BCUT2D eigenvalue weighted by Gasteiger charge is 2.21. The van der Waals surface area contributed by atoms with Crippen molar-refractivity contribution in [1.29, 1.82) is 0 Å². The zero-order valence-electron chi connectivity index (χ0n) is 12.3. The fourth-order valence-corrected chi connectivity index (χ4v) is 2.28. The average Bonchev–Trinajstić information content (AvgIpc) is 2.34. The summed E-state index contributed by atoms with van der Waals surface area (Å²) in [4.78, 5) is 0. The fraction of sp³-hybridized carbons (Fsp3) is 0.625. The Kier molecular flexibility index (Phi) is 5.21. The van der Waals surface area contributed by atoms with Crippen molar-refractivity contribution in [2.75, 3.05) is 13.7 Å². The van der Waals surface area contributed by atoms with Crippen molar-refractivity contribution in [1.82, 2.24) is 0 Å². The van der Waals surface area contributed by atoms with E-state index in [4.69, 9.17) is 4.74 Å². The number of hydrogen-bond acceptors (Lipinski definition) is 2. The maximum atomic E-state index is 9.50. The lowest BCUT2D eigenvalue weighted by molar-refractivity contribution is 0.258. The Morgan fingerprint density at radius 2 is 1.94 bits per heavy atom. The smallest absolute Gasteiger partial charge is 0.122 e. The van der Waals surface area contributed by atoms with E-state index < -0.39 is 0 Å². The first-order valence-corrected chi connectivity index (χ1v) is 6.73. The molecule has 18 heavy (non-hydrogen) atoms. The van der Waals surface area contributed by atoms with Crippen LogP contribution in [0.4, 0.5) is 0 Å². The van der Waals surface area contributed by atoms with Gasteiger partial charge >= 0.3 is 0 Å². The monoisotopic (exact) mass is 250 g/mol. The highest BCUT2D eigenvalue weighted by atomic mass is 16.5. The van der Waals surface area contributed by atoms with Gasteiger partial charge in [0, 0.05) is 12.5 Å². The topological polar surface area (TPSA) is 29.5 Å². The molecule has 0 saturated heterocycles. The van der Waals surface area contributed by atoms with Crippen LogP contribution < -0.4 is 4.74 Å². The standard InChI is InChI=1S/C16H26O2/c1-6-7-13(11-17)12-8-9-15(18-5)14(10-12)16(2,3)4/h8-10,13,17H,6-7,11H2,1-5H3. The highest BCUT2D eigenvalue weighted by Crippen LogP contribution is 2.34. The third-order valence-electron chi connectivity index (χ3n) is 3.36. The van der Waals surface area contributed by atoms with Gasteiger partial charge in [-0.05, 0) is 29.0 Å². The summed E-state index contributed by atoms with van der Waals surface area (Å²) in [7, 11) is 1.71. The predicted octanol–water partition coefficient (Wildman–Crippen LogP) is 3.87. The molecule has 0 heterocycles. The van der Waals surface area contributed by atoms with E-state index in [-0.39, 0.29) is 17.9 Å². The molecular formula is C16H26O2. The van der Waals surface area contributed by atoms with Gasteiger partial charge in [-0.2, -0.15) is 0 Å². The number of aliphatic hydroxyl groups is 1. The molecule has 2 heteroatoms. The predicted molar refractivity (Wildman–Crippen MR) is 76.4 cm³/mol. The molecule has 1 unspecified atom stereocenters. The van der Waals surface area contributed by atoms with Crippen molar-refractivity contribution in [2.45, 2.75) is 51.9 Å². The Morgan fingerprint density at radius 3 is 2.39 bits per heavy atom. The summed E-state index contributed by atoms with van der Waals surface area (Å²) in [6.45, 7) is 8.91. The summed E-state index contributed by atoms with van der Waals surface area (Å²) in [5, 5.41) is 9.50. The van der Waals surface area contributed by atoms with Crippen LogP contribution >= 0.6 is 0 Å². The molecule has 0 fully saturated rings. The van der Waals surface area contributed by atoms with Crippen LogP contribution in [0.2, 0.25) is 0 Å². The van der Waals surface area contributed by atoms with Crippen LogP contribution in [0, 0.1) is 0 Å². The maximum absolute atomic E-state index is 9.50. The lowest BCUT2D eigenvalue weighted by Crippen LogP contribution is -2.14. The van der Waals surface area contributed by atoms with Crippen LogP contribution in [0.25, 0.3) is 0 Å². The van der Waals surface area contributed by atoms with Crippen molar-refractivity contribution in [3.05, 3.63) is 29.3 Å². The van der Waals surface area contributed by atoms with Gasteiger partial charge in [0.2, 0.25) is 0 Å². The van der Waals surface area contributed by atoms with E-state index in [0.29, 0.717) is 0 Å². The summed E-state index contributed by atoms with van der Waals surface area (Å²) in [6.07, 6.45) is 2.11. The SMILES string of the molecule is CCCC(CO)c1ccc(OC)c(C(C)(C)C)c1. The average molecular weight is 250 g/mol. The zero-order chi connectivity index (χ0) is 13.8. The summed E-state index contributed by atoms with van der Waals surface area (Å²) in [6, 6.07) is 6.29. The van der Waals surface area contributed by atoms with Gasteiger partial charge in [-0.25, -0.2) is 0 Å². The molecule has 0 bridgehead atoms. The molecule has 0 spiro atoms. The quantitative estimate of drug-likeness (QED) is 0.859. The summed E-state index contributed by atoms with van der Waals surface area (Å²) in [5.41, 5.74) is 2.47. The van der Waals surface area contributed by atoms with Gasteiger partial charge in [0.25, 0.3) is 0 Å². The van der Waals surface area contributed by atoms with Crippen LogP contribution in [-0.2, 0) is 5.41 Å². The van der Waals surface area contributed by atoms with E-state index in [9.17, 15) is 5.11 Å². The summed E-state index contributed by atoms with van der Waals surface area (Å²) in [5.74, 6) is 1.17. The second-order valence-electron chi connectivity index (χ2n) is 5.88. The molecule has 1 N–H and O–H groups in total. The normalized spacial score (nSPS) is 13.4. The van der Waals surface area contributed by atoms with Crippen LogP contribution in [-0.4, -0.2) is 18.8 Å². The number of methoxy groups -OCH3 is 1. The van der Waals surface area contributed by atoms with Crippen LogP contribution in [0.15, 0.2) is 18.2 Å². The molecule has 1 rings (SSSR count). The Labute approximate surface area is 111 Å². The Bertz CT molecular complexity index is 377. The zero-order valence-corrected chi connectivity index (χ0v) is 12.3. The molecule has 1 atom stereocenters. The van der Waals surface area contributed by atoms with E-state index in [1.807, 2.05) is 6.07 Å².